The number of para-hydroxylation sites is 1. The fraction of sp³-hybridized carbons (Fsp3) is 0.222. The van der Waals surface area contributed by atoms with Crippen molar-refractivity contribution in [2.45, 2.75) is 25.8 Å². The van der Waals surface area contributed by atoms with E-state index in [-0.39, 0.29) is 0 Å². The molecule has 1 heteroatoms. The first-order chi connectivity index (χ1) is 9.38. The van der Waals surface area contributed by atoms with Gasteiger partial charge in [0.15, 0.2) is 0 Å². The smallest absolute Gasteiger partial charge is 0.0482 e. The Bertz CT molecular complexity index is 652. The molecule has 2 aromatic carbocycles. The molecule has 0 saturated carbocycles. The highest BCUT2D eigenvalue weighted by Crippen LogP contribution is 2.24. The average molecular weight is 249 g/mol. The molecule has 0 radical (unpaired) electrons. The summed E-state index contributed by atoms with van der Waals surface area (Å²) in [5.41, 5.74) is 2.75. The van der Waals surface area contributed by atoms with E-state index in [1.54, 1.807) is 0 Å². The number of benzene rings is 2. The Hall–Kier alpha value is -2.02. The summed E-state index contributed by atoms with van der Waals surface area (Å²) in [6, 6.07) is 22.1. The largest absolute Gasteiger partial charge is 0.344 e. The highest BCUT2D eigenvalue weighted by molar-refractivity contribution is 5.80. The average Bonchev–Trinajstić information content (AvgIpc) is 2.90. The number of fused-ring (bicyclic) bond motifs is 1. The number of nitrogens with zero attached hydrogens (tertiary/aromatic N) is 1. The Morgan fingerprint density at radius 2 is 1.63 bits per heavy atom. The molecular weight excluding hydrogens is 230 g/mol. The molecule has 96 valence electrons. The summed E-state index contributed by atoms with van der Waals surface area (Å²) < 4.78 is 2.42. The van der Waals surface area contributed by atoms with Crippen molar-refractivity contribution in [3.8, 4) is 0 Å². The number of hydrogen-bond acceptors (Lipinski definition) is 0. The van der Waals surface area contributed by atoms with Crippen LogP contribution in [0.1, 0.15) is 24.9 Å². The molecule has 1 heterocycles. The van der Waals surface area contributed by atoms with Gasteiger partial charge in [-0.25, -0.2) is 0 Å². The van der Waals surface area contributed by atoms with Gasteiger partial charge in [0.2, 0.25) is 0 Å². The first kappa shape index (κ1) is 12.0. The molecule has 0 amide bonds. The number of hydrogen-bond donors (Lipinski definition) is 0. The van der Waals surface area contributed by atoms with E-state index >= 15 is 0 Å². The summed E-state index contributed by atoms with van der Waals surface area (Å²) in [4.78, 5) is 0. The molecule has 0 aliphatic carbocycles. The molecule has 0 aliphatic heterocycles. The molecule has 0 aliphatic rings. The lowest BCUT2D eigenvalue weighted by molar-refractivity contribution is 0.498. The molecule has 1 aromatic heterocycles. The van der Waals surface area contributed by atoms with Gasteiger partial charge in [0.05, 0.1) is 0 Å². The maximum Gasteiger partial charge on any atom is 0.0482 e. The van der Waals surface area contributed by atoms with Gasteiger partial charge < -0.3 is 4.57 Å². The van der Waals surface area contributed by atoms with Gasteiger partial charge in [0, 0.05) is 17.8 Å². The van der Waals surface area contributed by atoms with Crippen molar-refractivity contribution in [2.75, 3.05) is 0 Å². The third kappa shape index (κ3) is 2.41. The summed E-state index contributed by atoms with van der Waals surface area (Å²) in [7, 11) is 0. The topological polar surface area (TPSA) is 4.93 Å². The van der Waals surface area contributed by atoms with Crippen LogP contribution in [0.5, 0.6) is 0 Å². The van der Waals surface area contributed by atoms with E-state index < -0.39 is 0 Å². The van der Waals surface area contributed by atoms with E-state index in [9.17, 15) is 0 Å². The lowest BCUT2D eigenvalue weighted by Gasteiger charge is -2.18. The van der Waals surface area contributed by atoms with Crippen molar-refractivity contribution in [2.24, 2.45) is 0 Å². The van der Waals surface area contributed by atoms with Gasteiger partial charge in [0.1, 0.15) is 0 Å². The fourth-order valence-corrected chi connectivity index (χ4v) is 2.75. The van der Waals surface area contributed by atoms with Crippen LogP contribution in [-0.4, -0.2) is 4.57 Å². The lowest BCUT2D eigenvalue weighted by atomic mass is 10.0. The van der Waals surface area contributed by atoms with Gasteiger partial charge in [-0.15, -0.1) is 0 Å². The number of aromatic nitrogens is 1. The molecule has 1 nitrogen and oxygen atoms in total. The van der Waals surface area contributed by atoms with E-state index in [0.717, 1.165) is 12.8 Å². The molecular formula is C18H19N. The molecule has 0 spiro atoms. The van der Waals surface area contributed by atoms with Crippen molar-refractivity contribution in [1.82, 2.24) is 4.57 Å². The Balaban J connectivity index is 1.94. The van der Waals surface area contributed by atoms with Crippen LogP contribution in [0, 0.1) is 0 Å². The van der Waals surface area contributed by atoms with Crippen LogP contribution >= 0.6 is 0 Å². The monoisotopic (exact) mass is 249 g/mol. The zero-order valence-corrected chi connectivity index (χ0v) is 11.3. The van der Waals surface area contributed by atoms with Crippen LogP contribution in [0.15, 0.2) is 66.9 Å². The van der Waals surface area contributed by atoms with Crippen LogP contribution in [0.25, 0.3) is 10.9 Å². The predicted molar refractivity (Wildman–Crippen MR) is 81.4 cm³/mol. The summed E-state index contributed by atoms with van der Waals surface area (Å²) in [5, 5.41) is 1.33. The minimum absolute atomic E-state index is 0.530. The van der Waals surface area contributed by atoms with Crippen LogP contribution in [0.4, 0.5) is 0 Å². The summed E-state index contributed by atoms with van der Waals surface area (Å²) in [5.74, 6) is 0. The van der Waals surface area contributed by atoms with Crippen LogP contribution in [-0.2, 0) is 6.42 Å². The zero-order valence-electron chi connectivity index (χ0n) is 11.3. The Morgan fingerprint density at radius 1 is 0.895 bits per heavy atom. The molecule has 0 fully saturated rings. The number of rotatable bonds is 4. The molecule has 3 rings (SSSR count). The Labute approximate surface area is 114 Å². The standard InChI is InChI=1S/C18H19N/c1-2-17(14-15-8-4-3-5-9-15)19-13-12-16-10-6-7-11-18(16)19/h3-13,17H,2,14H2,1H3. The molecule has 19 heavy (non-hydrogen) atoms. The third-order valence-corrected chi connectivity index (χ3v) is 3.81. The van der Waals surface area contributed by atoms with Gasteiger partial charge in [-0.2, -0.15) is 0 Å². The first-order valence-electron chi connectivity index (χ1n) is 6.98. The summed E-state index contributed by atoms with van der Waals surface area (Å²) >= 11 is 0. The van der Waals surface area contributed by atoms with Crippen molar-refractivity contribution < 1.29 is 0 Å². The van der Waals surface area contributed by atoms with Crippen molar-refractivity contribution in [3.63, 3.8) is 0 Å². The second-order valence-electron chi connectivity index (χ2n) is 5.03. The maximum absolute atomic E-state index is 2.42. The fourth-order valence-electron chi connectivity index (χ4n) is 2.75. The summed E-state index contributed by atoms with van der Waals surface area (Å²) in [6.07, 6.45) is 4.46. The van der Waals surface area contributed by atoms with Gasteiger partial charge in [0.25, 0.3) is 0 Å². The zero-order chi connectivity index (χ0) is 13.1. The molecule has 1 unspecified atom stereocenters. The van der Waals surface area contributed by atoms with E-state index in [2.05, 4.69) is 78.4 Å². The highest BCUT2D eigenvalue weighted by Gasteiger charge is 2.11. The van der Waals surface area contributed by atoms with Crippen LogP contribution in [0.3, 0.4) is 0 Å². The minimum atomic E-state index is 0.530. The van der Waals surface area contributed by atoms with Gasteiger partial charge in [-0.05, 0) is 35.9 Å². The van der Waals surface area contributed by atoms with Crippen molar-refractivity contribution >= 4 is 10.9 Å². The van der Waals surface area contributed by atoms with Gasteiger partial charge >= 0.3 is 0 Å². The summed E-state index contributed by atoms with van der Waals surface area (Å²) in [6.45, 7) is 2.27. The van der Waals surface area contributed by atoms with Gasteiger partial charge in [-0.3, -0.25) is 0 Å². The maximum atomic E-state index is 2.42. The van der Waals surface area contributed by atoms with Gasteiger partial charge in [-0.1, -0.05) is 55.5 Å². The Kier molecular flexibility index (Phi) is 3.37. The lowest BCUT2D eigenvalue weighted by Crippen LogP contribution is -2.09. The molecule has 3 aromatic rings. The van der Waals surface area contributed by atoms with Crippen LogP contribution < -0.4 is 0 Å². The molecule has 0 bridgehead atoms. The predicted octanol–water partition coefficient (Wildman–Crippen LogP) is 4.84. The second-order valence-corrected chi connectivity index (χ2v) is 5.03. The van der Waals surface area contributed by atoms with E-state index in [1.165, 1.54) is 16.5 Å². The van der Waals surface area contributed by atoms with E-state index in [0.29, 0.717) is 6.04 Å². The van der Waals surface area contributed by atoms with E-state index in [1.807, 2.05) is 0 Å². The Morgan fingerprint density at radius 3 is 2.42 bits per heavy atom. The quantitative estimate of drug-likeness (QED) is 0.624. The third-order valence-electron chi connectivity index (χ3n) is 3.81. The molecule has 0 saturated heterocycles. The first-order valence-corrected chi connectivity index (χ1v) is 6.98. The SMILES string of the molecule is CCC(Cc1ccccc1)n1ccc2ccccc21. The molecule has 0 N–H and O–H groups in total. The molecule has 1 atom stereocenters. The van der Waals surface area contributed by atoms with Crippen molar-refractivity contribution in [1.29, 1.82) is 0 Å². The normalized spacial score (nSPS) is 12.7. The highest BCUT2D eigenvalue weighted by atomic mass is 15.0. The van der Waals surface area contributed by atoms with Crippen molar-refractivity contribution in [3.05, 3.63) is 72.4 Å². The van der Waals surface area contributed by atoms with Crippen LogP contribution in [0.2, 0.25) is 0 Å². The van der Waals surface area contributed by atoms with E-state index in [4.69, 9.17) is 0 Å². The second kappa shape index (κ2) is 5.31. The minimum Gasteiger partial charge on any atom is -0.344 e.